The molecule has 0 amide bonds. The lowest BCUT2D eigenvalue weighted by Crippen LogP contribution is -2.04. The summed E-state index contributed by atoms with van der Waals surface area (Å²) in [4.78, 5) is 9.01. The van der Waals surface area contributed by atoms with Crippen molar-refractivity contribution in [3.05, 3.63) is 41.3 Å². The summed E-state index contributed by atoms with van der Waals surface area (Å²) < 4.78 is 13.2. The maximum absolute atomic E-state index is 13.2. The summed E-state index contributed by atoms with van der Waals surface area (Å²) in [6.07, 6.45) is 0.841. The Kier molecular flexibility index (Phi) is 4.10. The fourth-order valence-electron chi connectivity index (χ4n) is 1.95. The van der Waals surface area contributed by atoms with Gasteiger partial charge in [0.1, 0.15) is 11.6 Å². The van der Waals surface area contributed by atoms with Crippen LogP contribution in [0.4, 0.5) is 10.2 Å². The van der Waals surface area contributed by atoms with Crippen LogP contribution >= 0.6 is 0 Å². The first-order chi connectivity index (χ1) is 9.13. The second-order valence-electron chi connectivity index (χ2n) is 4.41. The Morgan fingerprint density at radius 1 is 1.16 bits per heavy atom. The quantitative estimate of drug-likeness (QED) is 0.911. The van der Waals surface area contributed by atoms with Crippen LogP contribution < -0.4 is 5.32 Å². The van der Waals surface area contributed by atoms with Gasteiger partial charge in [0.2, 0.25) is 0 Å². The van der Waals surface area contributed by atoms with E-state index in [0.717, 1.165) is 35.6 Å². The van der Waals surface area contributed by atoms with Gasteiger partial charge in [0.15, 0.2) is 5.82 Å². The minimum absolute atomic E-state index is 0.236. The molecule has 0 radical (unpaired) electrons. The van der Waals surface area contributed by atoms with Gasteiger partial charge in [-0.2, -0.15) is 0 Å². The summed E-state index contributed by atoms with van der Waals surface area (Å²) in [5.74, 6) is 1.22. The molecule has 1 heterocycles. The number of hydrogen-bond donors (Lipinski definition) is 1. The van der Waals surface area contributed by atoms with E-state index in [1.807, 2.05) is 19.9 Å². The molecule has 0 bridgehead atoms. The zero-order valence-electron chi connectivity index (χ0n) is 11.5. The molecule has 0 aliphatic heterocycles. The third-order valence-electron chi connectivity index (χ3n) is 2.93. The van der Waals surface area contributed by atoms with Gasteiger partial charge in [-0.15, -0.1) is 0 Å². The molecule has 0 aliphatic carbocycles. The molecule has 0 unspecified atom stereocenters. The highest BCUT2D eigenvalue weighted by molar-refractivity contribution is 5.61. The van der Waals surface area contributed by atoms with Crippen LogP contribution in [0.2, 0.25) is 0 Å². The van der Waals surface area contributed by atoms with Gasteiger partial charge in [-0.3, -0.25) is 0 Å². The Balaban J connectivity index is 2.51. The van der Waals surface area contributed by atoms with Crippen molar-refractivity contribution >= 4 is 5.82 Å². The van der Waals surface area contributed by atoms with Gasteiger partial charge >= 0.3 is 0 Å². The van der Waals surface area contributed by atoms with Gasteiger partial charge in [0.25, 0.3) is 0 Å². The monoisotopic (exact) mass is 259 g/mol. The van der Waals surface area contributed by atoms with E-state index in [-0.39, 0.29) is 5.82 Å². The number of halogens is 1. The molecular weight excluding hydrogens is 241 g/mol. The van der Waals surface area contributed by atoms with Gasteiger partial charge in [-0.25, -0.2) is 14.4 Å². The van der Waals surface area contributed by atoms with Crippen molar-refractivity contribution in [3.63, 3.8) is 0 Å². The largest absolute Gasteiger partial charge is 0.370 e. The number of anilines is 1. The molecule has 0 fully saturated rings. The van der Waals surface area contributed by atoms with Crippen molar-refractivity contribution in [3.8, 4) is 11.4 Å². The molecule has 19 heavy (non-hydrogen) atoms. The first-order valence-corrected chi connectivity index (χ1v) is 6.52. The van der Waals surface area contributed by atoms with E-state index < -0.39 is 0 Å². The summed E-state index contributed by atoms with van der Waals surface area (Å²) in [5.41, 5.74) is 2.69. The SMILES string of the molecule is CCNc1cc(CC)nc(-c2ccc(F)cc2C)n1. The van der Waals surface area contributed by atoms with Crippen LogP contribution in [0.25, 0.3) is 11.4 Å². The lowest BCUT2D eigenvalue weighted by atomic mass is 10.1. The topological polar surface area (TPSA) is 37.8 Å². The van der Waals surface area contributed by atoms with Gasteiger partial charge in [0, 0.05) is 23.9 Å². The summed E-state index contributed by atoms with van der Waals surface area (Å²) >= 11 is 0. The fourth-order valence-corrected chi connectivity index (χ4v) is 1.95. The maximum Gasteiger partial charge on any atom is 0.162 e. The smallest absolute Gasteiger partial charge is 0.162 e. The van der Waals surface area contributed by atoms with Crippen LogP contribution in [-0.4, -0.2) is 16.5 Å². The van der Waals surface area contributed by atoms with E-state index in [1.165, 1.54) is 12.1 Å². The first kappa shape index (κ1) is 13.5. The van der Waals surface area contributed by atoms with Gasteiger partial charge in [0.05, 0.1) is 0 Å². The summed E-state index contributed by atoms with van der Waals surface area (Å²) in [5, 5.41) is 3.20. The van der Waals surface area contributed by atoms with Crippen LogP contribution in [0.3, 0.4) is 0 Å². The molecule has 0 atom stereocenters. The number of hydrogen-bond acceptors (Lipinski definition) is 3. The molecule has 3 nitrogen and oxygen atoms in total. The highest BCUT2D eigenvalue weighted by Gasteiger charge is 2.09. The summed E-state index contributed by atoms with van der Waals surface area (Å²) in [7, 11) is 0. The van der Waals surface area contributed by atoms with Crippen LogP contribution in [0, 0.1) is 12.7 Å². The Morgan fingerprint density at radius 2 is 1.95 bits per heavy atom. The molecule has 0 aliphatic rings. The van der Waals surface area contributed by atoms with Gasteiger partial charge in [-0.05, 0) is 44.0 Å². The zero-order chi connectivity index (χ0) is 13.8. The number of rotatable bonds is 4. The molecule has 1 aromatic carbocycles. The van der Waals surface area contributed by atoms with Crippen molar-refractivity contribution in [1.82, 2.24) is 9.97 Å². The lowest BCUT2D eigenvalue weighted by Gasteiger charge is -2.10. The molecule has 4 heteroatoms. The molecule has 0 saturated carbocycles. The molecule has 100 valence electrons. The number of aryl methyl sites for hydroxylation is 2. The van der Waals surface area contributed by atoms with E-state index in [2.05, 4.69) is 22.2 Å². The Morgan fingerprint density at radius 3 is 2.58 bits per heavy atom. The highest BCUT2D eigenvalue weighted by atomic mass is 19.1. The third-order valence-corrected chi connectivity index (χ3v) is 2.93. The Labute approximate surface area is 112 Å². The average Bonchev–Trinajstić information content (AvgIpc) is 2.38. The number of benzene rings is 1. The Hall–Kier alpha value is -1.97. The number of aromatic nitrogens is 2. The molecule has 1 aromatic heterocycles. The fraction of sp³-hybridized carbons (Fsp3) is 0.333. The molecular formula is C15H18FN3. The van der Waals surface area contributed by atoms with Crippen molar-refractivity contribution in [2.75, 3.05) is 11.9 Å². The maximum atomic E-state index is 13.2. The molecule has 2 rings (SSSR count). The lowest BCUT2D eigenvalue weighted by molar-refractivity contribution is 0.627. The van der Waals surface area contributed by atoms with Crippen LogP contribution in [0.15, 0.2) is 24.3 Å². The molecule has 0 spiro atoms. The van der Waals surface area contributed by atoms with Crippen LogP contribution in [-0.2, 0) is 6.42 Å². The van der Waals surface area contributed by atoms with E-state index in [4.69, 9.17) is 0 Å². The van der Waals surface area contributed by atoms with E-state index in [9.17, 15) is 4.39 Å². The van der Waals surface area contributed by atoms with Crippen molar-refractivity contribution in [1.29, 1.82) is 0 Å². The average molecular weight is 259 g/mol. The summed E-state index contributed by atoms with van der Waals surface area (Å²) in [6.45, 7) is 6.76. The number of nitrogens with zero attached hydrogens (tertiary/aromatic N) is 2. The molecule has 1 N–H and O–H groups in total. The summed E-state index contributed by atoms with van der Waals surface area (Å²) in [6, 6.07) is 6.63. The minimum atomic E-state index is -0.236. The molecule has 2 aromatic rings. The first-order valence-electron chi connectivity index (χ1n) is 6.52. The zero-order valence-corrected chi connectivity index (χ0v) is 11.5. The van der Waals surface area contributed by atoms with E-state index in [1.54, 1.807) is 6.07 Å². The van der Waals surface area contributed by atoms with Crippen molar-refractivity contribution < 1.29 is 4.39 Å². The van der Waals surface area contributed by atoms with Gasteiger partial charge < -0.3 is 5.32 Å². The van der Waals surface area contributed by atoms with Crippen molar-refractivity contribution in [2.45, 2.75) is 27.2 Å². The highest BCUT2D eigenvalue weighted by Crippen LogP contribution is 2.22. The van der Waals surface area contributed by atoms with Gasteiger partial charge in [-0.1, -0.05) is 6.92 Å². The van der Waals surface area contributed by atoms with Crippen LogP contribution in [0.5, 0.6) is 0 Å². The minimum Gasteiger partial charge on any atom is -0.370 e. The third kappa shape index (κ3) is 3.08. The van der Waals surface area contributed by atoms with E-state index >= 15 is 0 Å². The van der Waals surface area contributed by atoms with Crippen LogP contribution in [0.1, 0.15) is 25.1 Å². The standard InChI is InChI=1S/C15H18FN3/c1-4-12-9-14(17-5-2)19-15(18-12)13-7-6-11(16)8-10(13)3/h6-9H,4-5H2,1-3H3,(H,17,18,19). The molecule has 0 saturated heterocycles. The predicted molar refractivity (Wildman–Crippen MR) is 75.7 cm³/mol. The van der Waals surface area contributed by atoms with Crippen molar-refractivity contribution in [2.24, 2.45) is 0 Å². The normalized spacial score (nSPS) is 10.5. The second-order valence-corrected chi connectivity index (χ2v) is 4.41. The Bertz CT molecular complexity index is 582. The van der Waals surface area contributed by atoms with E-state index in [0.29, 0.717) is 5.82 Å². The number of nitrogens with one attached hydrogen (secondary N) is 1. The second kappa shape index (κ2) is 5.78. The predicted octanol–water partition coefficient (Wildman–Crippen LogP) is 3.59.